The van der Waals surface area contributed by atoms with Crippen LogP contribution in [0.25, 0.3) is 0 Å². The molecule has 4 heteroatoms. The van der Waals surface area contributed by atoms with Crippen molar-refractivity contribution in [2.45, 2.75) is 84.7 Å². The molecule has 0 spiro atoms. The van der Waals surface area contributed by atoms with E-state index in [1.165, 1.54) is 6.42 Å². The number of carbonyl (C=O) groups is 2. The van der Waals surface area contributed by atoms with Crippen molar-refractivity contribution in [2.24, 2.45) is 40.2 Å². The fraction of sp³-hybridized carbons (Fsp3) is 0.826. The van der Waals surface area contributed by atoms with Gasteiger partial charge in [0.15, 0.2) is 0 Å². The molecule has 3 aliphatic carbocycles. The summed E-state index contributed by atoms with van der Waals surface area (Å²) < 4.78 is 0. The first-order valence-corrected chi connectivity index (χ1v) is 10.8. The van der Waals surface area contributed by atoms with Gasteiger partial charge in [0.1, 0.15) is 0 Å². The number of hydrogen-bond donors (Lipinski definition) is 1. The zero-order valence-electron chi connectivity index (χ0n) is 17.6. The van der Waals surface area contributed by atoms with Crippen LogP contribution in [0.1, 0.15) is 73.1 Å². The summed E-state index contributed by atoms with van der Waals surface area (Å²) in [7, 11) is 0. The van der Waals surface area contributed by atoms with Crippen molar-refractivity contribution >= 4 is 11.8 Å². The number of nitrogens with zero attached hydrogens (tertiary/aromatic N) is 1. The Morgan fingerprint density at radius 3 is 2.44 bits per heavy atom. The molecule has 27 heavy (non-hydrogen) atoms. The number of hydrogen-bond acceptors (Lipinski definition) is 2. The molecule has 0 aromatic carbocycles. The Bertz CT molecular complexity index is 693. The second kappa shape index (κ2) is 5.84. The van der Waals surface area contributed by atoms with Gasteiger partial charge in [-0.3, -0.25) is 9.59 Å². The highest BCUT2D eigenvalue weighted by Gasteiger charge is 2.62. The number of amides is 2. The van der Waals surface area contributed by atoms with Gasteiger partial charge in [-0.2, -0.15) is 0 Å². The molecular formula is C23H36N2O2. The molecule has 150 valence electrons. The lowest BCUT2D eigenvalue weighted by molar-refractivity contribution is -0.152. The molecule has 2 N–H and O–H groups in total. The Labute approximate surface area is 163 Å². The van der Waals surface area contributed by atoms with Crippen LogP contribution < -0.4 is 5.73 Å². The molecule has 0 unspecified atom stereocenters. The maximum atomic E-state index is 12.7. The Kier molecular flexibility index (Phi) is 4.11. The molecule has 0 saturated heterocycles. The molecule has 0 aromatic rings. The summed E-state index contributed by atoms with van der Waals surface area (Å²) in [6.45, 7) is 11.2. The zero-order chi connectivity index (χ0) is 19.8. The van der Waals surface area contributed by atoms with Gasteiger partial charge in [0.2, 0.25) is 11.8 Å². The van der Waals surface area contributed by atoms with E-state index in [0.717, 1.165) is 32.1 Å². The Morgan fingerprint density at radius 1 is 1.11 bits per heavy atom. The monoisotopic (exact) mass is 372 g/mol. The molecule has 7 atom stereocenters. The predicted octanol–water partition coefficient (Wildman–Crippen LogP) is 3.90. The molecule has 0 radical (unpaired) electrons. The van der Waals surface area contributed by atoms with Crippen molar-refractivity contribution in [2.75, 3.05) is 0 Å². The highest BCUT2D eigenvalue weighted by atomic mass is 16.2. The first-order valence-electron chi connectivity index (χ1n) is 10.8. The Balaban J connectivity index is 1.69. The van der Waals surface area contributed by atoms with E-state index in [1.54, 1.807) is 0 Å². The lowest BCUT2D eigenvalue weighted by atomic mass is 9.47. The molecule has 3 saturated carbocycles. The molecule has 4 rings (SSSR count). The van der Waals surface area contributed by atoms with Crippen LogP contribution in [0.3, 0.4) is 0 Å². The fourth-order valence-corrected chi connectivity index (χ4v) is 7.76. The van der Waals surface area contributed by atoms with Gasteiger partial charge in [-0.1, -0.05) is 19.9 Å². The maximum absolute atomic E-state index is 12.7. The first kappa shape index (κ1) is 19.0. The molecular weight excluding hydrogens is 336 g/mol. The van der Waals surface area contributed by atoms with Gasteiger partial charge < -0.3 is 10.6 Å². The SMILES string of the molecule is CC(C)(C)N1C(=O)C=C[C@]2(C)[C@H]3CC[C@]4(C)[C@@H](C(N)=O)CC[C@H]4[C@@H]3CC[C@@H]12. The summed E-state index contributed by atoms with van der Waals surface area (Å²) in [5, 5.41) is 0. The minimum Gasteiger partial charge on any atom is -0.369 e. The van der Waals surface area contributed by atoms with Crippen molar-refractivity contribution in [1.82, 2.24) is 4.90 Å². The van der Waals surface area contributed by atoms with Gasteiger partial charge in [-0.25, -0.2) is 0 Å². The number of carbonyl (C=O) groups excluding carboxylic acids is 2. The van der Waals surface area contributed by atoms with Gasteiger partial charge in [0, 0.05) is 22.9 Å². The first-order chi connectivity index (χ1) is 12.5. The van der Waals surface area contributed by atoms with Crippen LogP contribution >= 0.6 is 0 Å². The van der Waals surface area contributed by atoms with Gasteiger partial charge in [-0.05, 0) is 88.5 Å². The van der Waals surface area contributed by atoms with Gasteiger partial charge in [0.05, 0.1) is 0 Å². The highest BCUT2D eigenvalue weighted by molar-refractivity contribution is 5.89. The van der Waals surface area contributed by atoms with Crippen LogP contribution in [-0.2, 0) is 9.59 Å². The van der Waals surface area contributed by atoms with Gasteiger partial charge >= 0.3 is 0 Å². The van der Waals surface area contributed by atoms with Crippen molar-refractivity contribution in [3.05, 3.63) is 12.2 Å². The molecule has 1 heterocycles. The van der Waals surface area contributed by atoms with Gasteiger partial charge in [0.25, 0.3) is 0 Å². The van der Waals surface area contributed by atoms with Crippen LogP contribution in [0.15, 0.2) is 12.2 Å². The summed E-state index contributed by atoms with van der Waals surface area (Å²) >= 11 is 0. The molecule has 3 fully saturated rings. The van der Waals surface area contributed by atoms with E-state index < -0.39 is 0 Å². The van der Waals surface area contributed by atoms with E-state index in [-0.39, 0.29) is 40.1 Å². The Hall–Kier alpha value is -1.32. The van der Waals surface area contributed by atoms with Crippen molar-refractivity contribution in [1.29, 1.82) is 0 Å². The van der Waals surface area contributed by atoms with Crippen molar-refractivity contribution in [3.63, 3.8) is 0 Å². The van der Waals surface area contributed by atoms with Crippen LogP contribution in [0.4, 0.5) is 0 Å². The van der Waals surface area contributed by atoms with E-state index in [9.17, 15) is 9.59 Å². The van der Waals surface area contributed by atoms with Crippen LogP contribution in [-0.4, -0.2) is 28.3 Å². The van der Waals surface area contributed by atoms with E-state index in [2.05, 4.69) is 45.6 Å². The van der Waals surface area contributed by atoms with E-state index in [1.807, 2.05) is 6.08 Å². The molecule has 0 bridgehead atoms. The summed E-state index contributed by atoms with van der Waals surface area (Å²) in [5.74, 6) is 1.95. The second-order valence-corrected chi connectivity index (χ2v) is 11.1. The Morgan fingerprint density at radius 2 is 1.81 bits per heavy atom. The van der Waals surface area contributed by atoms with E-state index >= 15 is 0 Å². The lowest BCUT2D eigenvalue weighted by Gasteiger charge is -2.62. The largest absolute Gasteiger partial charge is 0.369 e. The lowest BCUT2D eigenvalue weighted by Crippen LogP contribution is -2.64. The van der Waals surface area contributed by atoms with Crippen molar-refractivity contribution < 1.29 is 9.59 Å². The summed E-state index contributed by atoms with van der Waals surface area (Å²) in [5.41, 5.74) is 5.73. The summed E-state index contributed by atoms with van der Waals surface area (Å²) in [6.07, 6.45) is 10.6. The normalized spacial score (nSPS) is 46.6. The summed E-state index contributed by atoms with van der Waals surface area (Å²) in [4.78, 5) is 27.0. The molecule has 1 aliphatic heterocycles. The number of fused-ring (bicyclic) bond motifs is 5. The van der Waals surface area contributed by atoms with Crippen LogP contribution in [0.2, 0.25) is 0 Å². The average molecular weight is 373 g/mol. The second-order valence-electron chi connectivity index (χ2n) is 11.1. The topological polar surface area (TPSA) is 63.4 Å². The van der Waals surface area contributed by atoms with E-state index in [0.29, 0.717) is 17.8 Å². The predicted molar refractivity (Wildman–Crippen MR) is 107 cm³/mol. The number of primary amides is 1. The third-order valence-electron chi connectivity index (χ3n) is 8.93. The van der Waals surface area contributed by atoms with Crippen LogP contribution in [0.5, 0.6) is 0 Å². The van der Waals surface area contributed by atoms with Gasteiger partial charge in [-0.15, -0.1) is 0 Å². The third-order valence-corrected chi connectivity index (χ3v) is 8.93. The zero-order valence-corrected chi connectivity index (χ0v) is 17.6. The molecule has 0 aromatic heterocycles. The smallest absolute Gasteiger partial charge is 0.246 e. The average Bonchev–Trinajstić information content (AvgIpc) is 2.91. The minimum atomic E-state index is -0.159. The summed E-state index contributed by atoms with van der Waals surface area (Å²) in [6, 6.07) is 0.286. The number of rotatable bonds is 1. The standard InChI is InChI=1S/C23H36N2O2/c1-21(2,3)25-18-9-6-14-15-7-8-17(20(24)27)22(15,4)12-10-16(14)23(18,5)13-11-19(25)26/h11,13-18H,6-10,12H2,1-5H3,(H2,24,27)/t14-,15-,16-,17+,18+,22-,23+/m0/s1. The van der Waals surface area contributed by atoms with Crippen LogP contribution in [0, 0.1) is 34.5 Å². The molecule has 2 amide bonds. The highest BCUT2D eigenvalue weighted by Crippen LogP contribution is 2.65. The molecule has 4 nitrogen and oxygen atoms in total. The fourth-order valence-electron chi connectivity index (χ4n) is 7.76. The quantitative estimate of drug-likeness (QED) is 0.759. The van der Waals surface area contributed by atoms with E-state index in [4.69, 9.17) is 5.73 Å². The molecule has 4 aliphatic rings. The van der Waals surface area contributed by atoms with Crippen molar-refractivity contribution in [3.8, 4) is 0 Å². The number of nitrogens with two attached hydrogens (primary N) is 1. The minimum absolute atomic E-state index is 0.0379. The third kappa shape index (κ3) is 2.54. The maximum Gasteiger partial charge on any atom is 0.246 e.